The van der Waals surface area contributed by atoms with Crippen LogP contribution in [-0.2, 0) is 0 Å². The molecule has 1 aromatic heterocycles. The Morgan fingerprint density at radius 2 is 2.41 bits per heavy atom. The van der Waals surface area contributed by atoms with Crippen LogP contribution in [0, 0.1) is 11.7 Å². The first-order chi connectivity index (χ1) is 8.29. The van der Waals surface area contributed by atoms with E-state index in [0.717, 1.165) is 13.0 Å². The molecule has 1 aliphatic rings. The molecular formula is C13H19FN2O. The summed E-state index contributed by atoms with van der Waals surface area (Å²) in [6, 6.07) is 3.48. The van der Waals surface area contributed by atoms with E-state index >= 15 is 0 Å². The molecule has 1 aromatic rings. The molecule has 0 saturated carbocycles. The van der Waals surface area contributed by atoms with Crippen molar-refractivity contribution >= 4 is 0 Å². The van der Waals surface area contributed by atoms with Crippen molar-refractivity contribution in [1.29, 1.82) is 0 Å². The summed E-state index contributed by atoms with van der Waals surface area (Å²) in [6.45, 7) is 3.94. The smallest absolute Gasteiger partial charge is 0.213 e. The normalized spacial score (nSPS) is 24.6. The first kappa shape index (κ1) is 12.3. The van der Waals surface area contributed by atoms with Gasteiger partial charge in [0.15, 0.2) is 0 Å². The number of aromatic nitrogens is 1. The van der Waals surface area contributed by atoms with Gasteiger partial charge in [0, 0.05) is 18.0 Å². The summed E-state index contributed by atoms with van der Waals surface area (Å²) in [5, 5.41) is 3.50. The molecule has 2 rings (SSSR count). The van der Waals surface area contributed by atoms with E-state index in [-0.39, 0.29) is 5.82 Å². The predicted octanol–water partition coefficient (Wildman–Crippen LogP) is 2.38. The maximum atomic E-state index is 12.7. The highest BCUT2D eigenvalue weighted by molar-refractivity contribution is 5.10. The van der Waals surface area contributed by atoms with E-state index < -0.39 is 0 Å². The van der Waals surface area contributed by atoms with Crippen molar-refractivity contribution in [2.24, 2.45) is 5.92 Å². The van der Waals surface area contributed by atoms with Crippen molar-refractivity contribution in [2.45, 2.75) is 32.2 Å². The summed E-state index contributed by atoms with van der Waals surface area (Å²) in [4.78, 5) is 3.90. The Labute approximate surface area is 101 Å². The Kier molecular flexibility index (Phi) is 4.31. The first-order valence-corrected chi connectivity index (χ1v) is 6.27. The SMILES string of the molecule is CCC1NCCC[C@@H]1COc1ccc(F)cn1. The second-order valence-electron chi connectivity index (χ2n) is 4.50. The minimum absolute atomic E-state index is 0.330. The number of piperidine rings is 1. The zero-order valence-electron chi connectivity index (χ0n) is 10.2. The molecule has 2 heterocycles. The Balaban J connectivity index is 1.86. The molecule has 17 heavy (non-hydrogen) atoms. The van der Waals surface area contributed by atoms with Crippen molar-refractivity contribution in [1.82, 2.24) is 10.3 Å². The predicted molar refractivity (Wildman–Crippen MR) is 64.5 cm³/mol. The number of hydrogen-bond donors (Lipinski definition) is 1. The van der Waals surface area contributed by atoms with E-state index in [0.29, 0.717) is 24.4 Å². The standard InChI is InChI=1S/C13H19FN2O/c1-2-12-10(4-3-7-15-12)9-17-13-6-5-11(14)8-16-13/h5-6,8,10,12,15H,2-4,7,9H2,1H3/t10-,12?/m1/s1. The molecular weight excluding hydrogens is 219 g/mol. The van der Waals surface area contributed by atoms with Crippen LogP contribution >= 0.6 is 0 Å². The van der Waals surface area contributed by atoms with Crippen molar-refractivity contribution in [3.05, 3.63) is 24.1 Å². The van der Waals surface area contributed by atoms with E-state index in [2.05, 4.69) is 17.2 Å². The van der Waals surface area contributed by atoms with Gasteiger partial charge < -0.3 is 10.1 Å². The van der Waals surface area contributed by atoms with Crippen molar-refractivity contribution in [3.8, 4) is 5.88 Å². The summed E-state index contributed by atoms with van der Waals surface area (Å²) in [5.41, 5.74) is 0. The van der Waals surface area contributed by atoms with Gasteiger partial charge in [-0.15, -0.1) is 0 Å². The molecule has 1 aliphatic heterocycles. The molecule has 0 spiro atoms. The average molecular weight is 238 g/mol. The molecule has 0 radical (unpaired) electrons. The maximum absolute atomic E-state index is 12.7. The van der Waals surface area contributed by atoms with Crippen LogP contribution in [0.4, 0.5) is 4.39 Å². The van der Waals surface area contributed by atoms with Crippen molar-refractivity contribution in [3.63, 3.8) is 0 Å². The van der Waals surface area contributed by atoms with Gasteiger partial charge in [-0.05, 0) is 31.9 Å². The zero-order valence-corrected chi connectivity index (χ0v) is 10.2. The van der Waals surface area contributed by atoms with Crippen LogP contribution in [0.3, 0.4) is 0 Å². The monoisotopic (exact) mass is 238 g/mol. The molecule has 0 aliphatic carbocycles. The van der Waals surface area contributed by atoms with Crippen LogP contribution in [0.15, 0.2) is 18.3 Å². The highest BCUT2D eigenvalue weighted by Crippen LogP contribution is 2.20. The number of rotatable bonds is 4. The van der Waals surface area contributed by atoms with Crippen molar-refractivity contribution in [2.75, 3.05) is 13.2 Å². The Morgan fingerprint density at radius 1 is 1.53 bits per heavy atom. The number of nitrogens with one attached hydrogen (secondary N) is 1. The summed E-state index contributed by atoms with van der Waals surface area (Å²) in [5.74, 6) is 0.704. The van der Waals surface area contributed by atoms with E-state index in [1.807, 2.05) is 0 Å². The lowest BCUT2D eigenvalue weighted by molar-refractivity contribution is 0.168. The fraction of sp³-hybridized carbons (Fsp3) is 0.615. The fourth-order valence-corrected chi connectivity index (χ4v) is 2.34. The largest absolute Gasteiger partial charge is 0.477 e. The van der Waals surface area contributed by atoms with E-state index in [1.165, 1.54) is 25.1 Å². The number of hydrogen-bond acceptors (Lipinski definition) is 3. The molecule has 0 bridgehead atoms. The number of pyridine rings is 1. The lowest BCUT2D eigenvalue weighted by Crippen LogP contribution is -2.43. The molecule has 0 amide bonds. The molecule has 1 unspecified atom stereocenters. The number of halogens is 1. The third-order valence-corrected chi connectivity index (χ3v) is 3.31. The Hall–Kier alpha value is -1.16. The van der Waals surface area contributed by atoms with Gasteiger partial charge >= 0.3 is 0 Å². The van der Waals surface area contributed by atoms with Gasteiger partial charge in [0.25, 0.3) is 0 Å². The summed E-state index contributed by atoms with van der Waals surface area (Å²) >= 11 is 0. The van der Waals surface area contributed by atoms with Crippen LogP contribution in [0.1, 0.15) is 26.2 Å². The van der Waals surface area contributed by atoms with Crippen LogP contribution in [0.5, 0.6) is 5.88 Å². The lowest BCUT2D eigenvalue weighted by Gasteiger charge is -2.31. The highest BCUT2D eigenvalue weighted by atomic mass is 19.1. The molecule has 3 nitrogen and oxygen atoms in total. The molecule has 1 fully saturated rings. The van der Waals surface area contributed by atoms with Gasteiger partial charge in [-0.3, -0.25) is 0 Å². The van der Waals surface area contributed by atoms with E-state index in [4.69, 9.17) is 4.74 Å². The first-order valence-electron chi connectivity index (χ1n) is 6.27. The number of nitrogens with zero attached hydrogens (tertiary/aromatic N) is 1. The van der Waals surface area contributed by atoms with Crippen LogP contribution in [0.2, 0.25) is 0 Å². The van der Waals surface area contributed by atoms with Gasteiger partial charge in [-0.25, -0.2) is 9.37 Å². The second-order valence-corrected chi connectivity index (χ2v) is 4.50. The van der Waals surface area contributed by atoms with Gasteiger partial charge in [0.05, 0.1) is 12.8 Å². The van der Waals surface area contributed by atoms with Crippen molar-refractivity contribution < 1.29 is 9.13 Å². The average Bonchev–Trinajstić information content (AvgIpc) is 2.38. The van der Waals surface area contributed by atoms with Crippen LogP contribution in [-0.4, -0.2) is 24.2 Å². The van der Waals surface area contributed by atoms with Gasteiger partial charge in [-0.1, -0.05) is 6.92 Å². The van der Waals surface area contributed by atoms with E-state index in [9.17, 15) is 4.39 Å². The highest BCUT2D eigenvalue weighted by Gasteiger charge is 2.23. The molecule has 0 aromatic carbocycles. The number of ether oxygens (including phenoxy) is 1. The third-order valence-electron chi connectivity index (χ3n) is 3.31. The minimum Gasteiger partial charge on any atom is -0.477 e. The van der Waals surface area contributed by atoms with Gasteiger partial charge in [0.1, 0.15) is 5.82 Å². The zero-order chi connectivity index (χ0) is 12.1. The third kappa shape index (κ3) is 3.40. The Morgan fingerprint density at radius 3 is 3.12 bits per heavy atom. The summed E-state index contributed by atoms with van der Waals surface area (Å²) in [7, 11) is 0. The van der Waals surface area contributed by atoms with Crippen LogP contribution in [0.25, 0.3) is 0 Å². The topological polar surface area (TPSA) is 34.1 Å². The second kappa shape index (κ2) is 5.96. The van der Waals surface area contributed by atoms with E-state index in [1.54, 1.807) is 6.07 Å². The molecule has 2 atom stereocenters. The summed E-state index contributed by atoms with van der Waals surface area (Å²) < 4.78 is 18.3. The maximum Gasteiger partial charge on any atom is 0.213 e. The molecule has 1 saturated heterocycles. The Bertz CT molecular complexity index is 342. The van der Waals surface area contributed by atoms with Gasteiger partial charge in [0.2, 0.25) is 5.88 Å². The van der Waals surface area contributed by atoms with Crippen LogP contribution < -0.4 is 10.1 Å². The summed E-state index contributed by atoms with van der Waals surface area (Å²) in [6.07, 6.45) is 4.69. The lowest BCUT2D eigenvalue weighted by atomic mass is 9.90. The molecule has 1 N–H and O–H groups in total. The fourth-order valence-electron chi connectivity index (χ4n) is 2.34. The molecule has 94 valence electrons. The quantitative estimate of drug-likeness (QED) is 0.874. The minimum atomic E-state index is -0.330. The molecule has 4 heteroatoms. The van der Waals surface area contributed by atoms with Gasteiger partial charge in [-0.2, -0.15) is 0 Å².